The van der Waals surface area contributed by atoms with Gasteiger partial charge in [-0.05, 0) is 30.2 Å². The Morgan fingerprint density at radius 1 is 0.931 bits per heavy atom. The zero-order valence-corrected chi connectivity index (χ0v) is 15.8. The number of fused-ring (bicyclic) bond motifs is 1. The van der Waals surface area contributed by atoms with E-state index in [9.17, 15) is 0 Å². The number of hydrogen-bond acceptors (Lipinski definition) is 6. The Morgan fingerprint density at radius 2 is 1.83 bits per heavy atom. The molecule has 0 aliphatic heterocycles. The number of aryl methyl sites for hydroxylation is 1. The molecule has 142 valence electrons. The Kier molecular flexibility index (Phi) is 4.21. The van der Waals surface area contributed by atoms with Crippen molar-refractivity contribution in [3.8, 4) is 5.82 Å². The molecule has 0 saturated carbocycles. The van der Waals surface area contributed by atoms with E-state index >= 15 is 0 Å². The van der Waals surface area contributed by atoms with E-state index < -0.39 is 0 Å². The summed E-state index contributed by atoms with van der Waals surface area (Å²) in [6.07, 6.45) is 8.73. The molecule has 5 rings (SSSR count). The summed E-state index contributed by atoms with van der Waals surface area (Å²) in [5, 5.41) is 13.0. The highest BCUT2D eigenvalue weighted by atomic mass is 15.3. The van der Waals surface area contributed by atoms with Gasteiger partial charge in [0.25, 0.3) is 0 Å². The van der Waals surface area contributed by atoms with E-state index in [1.807, 2.05) is 41.2 Å². The van der Waals surface area contributed by atoms with Crippen LogP contribution < -0.4 is 5.32 Å². The molecule has 0 aliphatic carbocycles. The summed E-state index contributed by atoms with van der Waals surface area (Å²) in [4.78, 5) is 13.1. The molecule has 4 heterocycles. The van der Waals surface area contributed by atoms with E-state index in [2.05, 4.69) is 49.5 Å². The Balaban J connectivity index is 1.42. The number of aromatic nitrogens is 7. The Bertz CT molecular complexity index is 1270. The zero-order valence-electron chi connectivity index (χ0n) is 15.8. The van der Waals surface area contributed by atoms with E-state index in [0.717, 1.165) is 11.1 Å². The molecule has 0 radical (unpaired) electrons. The van der Waals surface area contributed by atoms with Crippen molar-refractivity contribution >= 4 is 22.5 Å². The SMILES string of the molecule is Cc1ccccc1Cn1cc(Nc2ncnc3c2cnn3-c2ccccn2)cn1. The average Bonchev–Trinajstić information content (AvgIpc) is 3.38. The van der Waals surface area contributed by atoms with Crippen LogP contribution in [0.2, 0.25) is 0 Å². The van der Waals surface area contributed by atoms with Crippen molar-refractivity contribution in [2.45, 2.75) is 13.5 Å². The second-order valence-electron chi connectivity index (χ2n) is 6.68. The summed E-state index contributed by atoms with van der Waals surface area (Å²) in [7, 11) is 0. The smallest absolute Gasteiger partial charge is 0.170 e. The van der Waals surface area contributed by atoms with Crippen LogP contribution in [0.1, 0.15) is 11.1 Å². The molecule has 8 heteroatoms. The molecule has 0 amide bonds. The number of pyridine rings is 1. The quantitative estimate of drug-likeness (QED) is 0.501. The molecule has 0 atom stereocenters. The summed E-state index contributed by atoms with van der Waals surface area (Å²) in [6.45, 7) is 2.82. The molecular weight excluding hydrogens is 364 g/mol. The first-order chi connectivity index (χ1) is 14.3. The van der Waals surface area contributed by atoms with Crippen molar-refractivity contribution in [1.82, 2.24) is 34.5 Å². The first kappa shape index (κ1) is 17.1. The van der Waals surface area contributed by atoms with Gasteiger partial charge in [0.15, 0.2) is 11.5 Å². The fourth-order valence-corrected chi connectivity index (χ4v) is 3.20. The van der Waals surface area contributed by atoms with Crippen LogP contribution in [-0.4, -0.2) is 34.5 Å². The van der Waals surface area contributed by atoms with E-state index in [1.165, 1.54) is 17.5 Å². The van der Waals surface area contributed by atoms with Crippen LogP contribution in [0.3, 0.4) is 0 Å². The first-order valence-corrected chi connectivity index (χ1v) is 9.22. The van der Waals surface area contributed by atoms with E-state index in [4.69, 9.17) is 0 Å². The highest BCUT2D eigenvalue weighted by molar-refractivity contribution is 5.88. The highest BCUT2D eigenvalue weighted by Gasteiger charge is 2.12. The molecule has 1 N–H and O–H groups in total. The predicted octanol–water partition coefficient (Wildman–Crippen LogP) is 3.51. The highest BCUT2D eigenvalue weighted by Crippen LogP contribution is 2.24. The lowest BCUT2D eigenvalue weighted by Crippen LogP contribution is -2.02. The van der Waals surface area contributed by atoms with Gasteiger partial charge in [-0.2, -0.15) is 14.9 Å². The van der Waals surface area contributed by atoms with E-state index in [0.29, 0.717) is 23.8 Å². The Labute approximate surface area is 166 Å². The number of anilines is 2. The van der Waals surface area contributed by atoms with Crippen LogP contribution in [0.5, 0.6) is 0 Å². The lowest BCUT2D eigenvalue weighted by atomic mass is 10.1. The molecule has 1 aromatic carbocycles. The van der Waals surface area contributed by atoms with Gasteiger partial charge in [0.1, 0.15) is 12.1 Å². The minimum atomic E-state index is 0.674. The molecular formula is C21H18N8. The molecule has 5 aromatic rings. The molecule has 0 unspecified atom stereocenters. The standard InChI is InChI=1S/C21H18N8/c1-15-6-2-3-7-16(15)12-28-13-17(10-25-28)27-20-18-11-26-29(21(18)24-14-23-20)19-8-4-5-9-22-19/h2-11,13-14H,12H2,1H3,(H,23,24,27). The third-order valence-corrected chi connectivity index (χ3v) is 4.72. The zero-order chi connectivity index (χ0) is 19.6. The van der Waals surface area contributed by atoms with Crippen molar-refractivity contribution in [2.24, 2.45) is 0 Å². The molecule has 4 aromatic heterocycles. The molecule has 8 nitrogen and oxygen atoms in total. The largest absolute Gasteiger partial charge is 0.337 e. The van der Waals surface area contributed by atoms with Gasteiger partial charge in [0.2, 0.25) is 0 Å². The minimum Gasteiger partial charge on any atom is -0.337 e. The number of nitrogens with one attached hydrogen (secondary N) is 1. The minimum absolute atomic E-state index is 0.674. The van der Waals surface area contributed by atoms with Crippen LogP contribution in [0, 0.1) is 6.92 Å². The summed E-state index contributed by atoms with van der Waals surface area (Å²) in [6, 6.07) is 14.0. The van der Waals surface area contributed by atoms with E-state index in [1.54, 1.807) is 23.3 Å². The number of nitrogens with zero attached hydrogens (tertiary/aromatic N) is 7. The Hall–Kier alpha value is -4.07. The summed E-state index contributed by atoms with van der Waals surface area (Å²) < 4.78 is 3.60. The van der Waals surface area contributed by atoms with Crippen LogP contribution >= 0.6 is 0 Å². The Morgan fingerprint density at radius 3 is 2.69 bits per heavy atom. The van der Waals surface area contributed by atoms with Crippen molar-refractivity contribution in [2.75, 3.05) is 5.32 Å². The van der Waals surface area contributed by atoms with Gasteiger partial charge in [-0.3, -0.25) is 4.68 Å². The van der Waals surface area contributed by atoms with Gasteiger partial charge in [-0.1, -0.05) is 30.3 Å². The number of rotatable bonds is 5. The predicted molar refractivity (Wildman–Crippen MR) is 110 cm³/mol. The van der Waals surface area contributed by atoms with Gasteiger partial charge in [-0.15, -0.1) is 0 Å². The first-order valence-electron chi connectivity index (χ1n) is 9.22. The lowest BCUT2D eigenvalue weighted by Gasteiger charge is -2.06. The van der Waals surface area contributed by atoms with Gasteiger partial charge in [0.05, 0.1) is 30.0 Å². The maximum Gasteiger partial charge on any atom is 0.170 e. The summed E-state index contributed by atoms with van der Waals surface area (Å²) in [5.74, 6) is 1.38. The van der Waals surface area contributed by atoms with Crippen LogP contribution in [0.4, 0.5) is 11.5 Å². The topological polar surface area (TPSA) is 86.3 Å². The van der Waals surface area contributed by atoms with Crippen LogP contribution in [-0.2, 0) is 6.54 Å². The fourth-order valence-electron chi connectivity index (χ4n) is 3.20. The van der Waals surface area contributed by atoms with Crippen LogP contribution in [0.25, 0.3) is 16.9 Å². The third kappa shape index (κ3) is 3.31. The van der Waals surface area contributed by atoms with Crippen LogP contribution in [0.15, 0.2) is 73.6 Å². The second-order valence-corrected chi connectivity index (χ2v) is 6.68. The summed E-state index contributed by atoms with van der Waals surface area (Å²) >= 11 is 0. The summed E-state index contributed by atoms with van der Waals surface area (Å²) in [5.41, 5.74) is 4.03. The lowest BCUT2D eigenvalue weighted by molar-refractivity contribution is 0.684. The molecule has 0 spiro atoms. The monoisotopic (exact) mass is 382 g/mol. The third-order valence-electron chi connectivity index (χ3n) is 4.72. The normalized spacial score (nSPS) is 11.1. The van der Waals surface area contributed by atoms with Gasteiger partial charge in [-0.25, -0.2) is 15.0 Å². The fraction of sp³-hybridized carbons (Fsp3) is 0.0952. The average molecular weight is 382 g/mol. The molecule has 0 saturated heterocycles. The molecule has 0 bridgehead atoms. The number of benzene rings is 1. The molecule has 0 fully saturated rings. The van der Waals surface area contributed by atoms with Crippen molar-refractivity contribution in [1.29, 1.82) is 0 Å². The van der Waals surface area contributed by atoms with Gasteiger partial charge in [0, 0.05) is 12.4 Å². The maximum atomic E-state index is 4.46. The van der Waals surface area contributed by atoms with Gasteiger partial charge < -0.3 is 5.32 Å². The van der Waals surface area contributed by atoms with Crippen molar-refractivity contribution in [3.63, 3.8) is 0 Å². The maximum absolute atomic E-state index is 4.46. The van der Waals surface area contributed by atoms with Gasteiger partial charge >= 0.3 is 0 Å². The van der Waals surface area contributed by atoms with Crippen molar-refractivity contribution in [3.05, 3.63) is 84.7 Å². The number of hydrogen-bond donors (Lipinski definition) is 1. The molecule has 0 aliphatic rings. The molecule has 29 heavy (non-hydrogen) atoms. The second kappa shape index (κ2) is 7.16. The van der Waals surface area contributed by atoms with Crippen molar-refractivity contribution < 1.29 is 0 Å². The van der Waals surface area contributed by atoms with E-state index in [-0.39, 0.29) is 0 Å².